The van der Waals surface area contributed by atoms with Crippen molar-refractivity contribution in [1.29, 1.82) is 0 Å². The predicted octanol–water partition coefficient (Wildman–Crippen LogP) is 2.90. The van der Waals surface area contributed by atoms with Crippen molar-refractivity contribution in [3.8, 4) is 11.4 Å². The van der Waals surface area contributed by atoms with Crippen LogP contribution >= 0.6 is 0 Å². The molecule has 0 radical (unpaired) electrons. The van der Waals surface area contributed by atoms with Gasteiger partial charge >= 0.3 is 6.18 Å². The molecule has 0 aliphatic carbocycles. The molecular weight excluding hydrogens is 523 g/mol. The molecule has 1 aliphatic rings. The Kier molecular flexibility index (Phi) is 7.19. The van der Waals surface area contributed by atoms with Crippen LogP contribution < -0.4 is 5.32 Å². The Morgan fingerprint density at radius 1 is 1.08 bits per heavy atom. The van der Waals surface area contributed by atoms with Crippen LogP contribution in [0.5, 0.6) is 0 Å². The van der Waals surface area contributed by atoms with E-state index in [9.17, 15) is 35.2 Å². The first kappa shape index (κ1) is 26.5. The van der Waals surface area contributed by atoms with Gasteiger partial charge in [-0.05, 0) is 37.3 Å². The van der Waals surface area contributed by atoms with E-state index in [1.165, 1.54) is 13.0 Å². The summed E-state index contributed by atoms with van der Waals surface area (Å²) in [6.07, 6.45) is -4.09. The first-order chi connectivity index (χ1) is 17.4. The van der Waals surface area contributed by atoms with E-state index < -0.39 is 51.9 Å². The fraction of sp³-hybridized carbons (Fsp3) is 0.318. The number of nitrogens with zero attached hydrogens (tertiary/aromatic N) is 5. The van der Waals surface area contributed by atoms with Crippen LogP contribution in [0.15, 0.2) is 53.9 Å². The molecule has 1 aromatic carbocycles. The van der Waals surface area contributed by atoms with Crippen molar-refractivity contribution in [2.24, 2.45) is 0 Å². The summed E-state index contributed by atoms with van der Waals surface area (Å²) in [5.74, 6) is -1.44. The van der Waals surface area contributed by atoms with Crippen molar-refractivity contribution in [3.05, 3.63) is 66.3 Å². The van der Waals surface area contributed by atoms with Crippen molar-refractivity contribution in [3.63, 3.8) is 0 Å². The number of benzene rings is 1. The highest BCUT2D eigenvalue weighted by Gasteiger charge is 2.49. The summed E-state index contributed by atoms with van der Waals surface area (Å²) >= 11 is 0. The second kappa shape index (κ2) is 10.0. The third-order valence-corrected chi connectivity index (χ3v) is 7.75. The van der Waals surface area contributed by atoms with Gasteiger partial charge in [-0.15, -0.1) is 0 Å². The van der Waals surface area contributed by atoms with E-state index in [0.29, 0.717) is 6.20 Å². The molecule has 3 aromatic rings. The summed E-state index contributed by atoms with van der Waals surface area (Å²) in [5, 5.41) is 2.51. The molecule has 0 saturated carbocycles. The van der Waals surface area contributed by atoms with Gasteiger partial charge in [-0.2, -0.15) is 17.5 Å². The minimum atomic E-state index is -4.65. The lowest BCUT2D eigenvalue weighted by Gasteiger charge is -2.26. The zero-order valence-corrected chi connectivity index (χ0v) is 19.8. The number of nitrogens with one attached hydrogen (secondary N) is 1. The molecule has 1 aliphatic heterocycles. The Morgan fingerprint density at radius 2 is 1.78 bits per heavy atom. The molecule has 1 fully saturated rings. The third-order valence-electron chi connectivity index (χ3n) is 5.74. The van der Waals surface area contributed by atoms with Gasteiger partial charge in [-0.1, -0.05) is 0 Å². The highest BCUT2D eigenvalue weighted by Crippen LogP contribution is 2.33. The van der Waals surface area contributed by atoms with Gasteiger partial charge in [0.05, 0.1) is 41.3 Å². The van der Waals surface area contributed by atoms with Crippen molar-refractivity contribution >= 4 is 15.9 Å². The molecule has 0 bridgehead atoms. The number of sulfonamides is 1. The minimum Gasteiger partial charge on any atom is -0.349 e. The van der Waals surface area contributed by atoms with E-state index in [1.807, 2.05) is 0 Å². The van der Waals surface area contributed by atoms with E-state index in [4.69, 9.17) is 0 Å². The van der Waals surface area contributed by atoms with E-state index in [-0.39, 0.29) is 34.9 Å². The van der Waals surface area contributed by atoms with E-state index >= 15 is 0 Å². The second-order valence-electron chi connectivity index (χ2n) is 8.19. The summed E-state index contributed by atoms with van der Waals surface area (Å²) in [6.45, 7) is 1.12. The van der Waals surface area contributed by atoms with Gasteiger partial charge in [-0.3, -0.25) is 9.78 Å². The fourth-order valence-corrected chi connectivity index (χ4v) is 5.64. The van der Waals surface area contributed by atoms with Crippen molar-refractivity contribution < 1.29 is 35.2 Å². The molecular formula is C22H19F5N6O3S. The number of aromatic nitrogens is 4. The summed E-state index contributed by atoms with van der Waals surface area (Å²) in [5.41, 5.74) is -0.769. The van der Waals surface area contributed by atoms with Gasteiger partial charge in [0.25, 0.3) is 0 Å². The average Bonchev–Trinajstić information content (AvgIpc) is 3.17. The SMILES string of the molecule is CC1C(F)CC(C(=O)NCc2cc(-c3cnc(C(F)(F)F)cn3)ncn2)N1S(=O)(=O)c1ccc(F)cc1. The molecule has 15 heteroatoms. The van der Waals surface area contributed by atoms with Gasteiger partial charge in [0.15, 0.2) is 5.69 Å². The van der Waals surface area contributed by atoms with Crippen LogP contribution in [0, 0.1) is 5.82 Å². The van der Waals surface area contributed by atoms with Crippen LogP contribution in [0.1, 0.15) is 24.7 Å². The first-order valence-electron chi connectivity index (χ1n) is 10.8. The summed E-state index contributed by atoms with van der Waals surface area (Å²) in [7, 11) is -4.33. The maximum Gasteiger partial charge on any atom is 0.434 e. The lowest BCUT2D eigenvalue weighted by molar-refractivity contribution is -0.141. The Morgan fingerprint density at radius 3 is 2.41 bits per heavy atom. The number of hydrogen-bond donors (Lipinski definition) is 1. The van der Waals surface area contributed by atoms with Gasteiger partial charge in [-0.25, -0.2) is 32.2 Å². The number of rotatable bonds is 6. The standard InChI is InChI=1S/C22H19F5N6O3S/c1-12-16(24)7-19(33(12)37(35,36)15-4-2-13(23)3-5-15)21(34)30-8-14-6-17(32-11-31-14)18-9-29-20(10-28-18)22(25,26)27/h2-6,9-12,16,19H,7-8H2,1H3,(H,30,34). The summed E-state index contributed by atoms with van der Waals surface area (Å²) in [6, 6.07) is 2.80. The Hall–Kier alpha value is -3.59. The lowest BCUT2D eigenvalue weighted by atomic mass is 10.1. The summed E-state index contributed by atoms with van der Waals surface area (Å²) in [4.78, 5) is 27.6. The van der Waals surface area contributed by atoms with Gasteiger partial charge in [0.2, 0.25) is 15.9 Å². The molecule has 196 valence electrons. The van der Waals surface area contributed by atoms with Gasteiger partial charge in [0, 0.05) is 6.42 Å². The highest BCUT2D eigenvalue weighted by atomic mass is 32.2. The molecule has 1 N–H and O–H groups in total. The van der Waals surface area contributed by atoms with Crippen LogP contribution in [-0.4, -0.2) is 56.8 Å². The van der Waals surface area contributed by atoms with Gasteiger partial charge < -0.3 is 5.32 Å². The van der Waals surface area contributed by atoms with Crippen LogP contribution in [0.4, 0.5) is 22.0 Å². The van der Waals surface area contributed by atoms with Crippen LogP contribution in [-0.2, 0) is 27.5 Å². The second-order valence-corrected chi connectivity index (χ2v) is 10.0. The zero-order valence-electron chi connectivity index (χ0n) is 19.0. The van der Waals surface area contributed by atoms with E-state index in [0.717, 1.165) is 41.1 Å². The number of carbonyl (C=O) groups excluding carboxylic acids is 1. The molecule has 3 heterocycles. The molecule has 2 aromatic heterocycles. The van der Waals surface area contributed by atoms with Crippen molar-refractivity contribution in [2.45, 2.75) is 49.2 Å². The smallest absolute Gasteiger partial charge is 0.349 e. The average molecular weight is 542 g/mol. The number of carbonyl (C=O) groups is 1. The largest absolute Gasteiger partial charge is 0.434 e. The Labute approximate surface area is 207 Å². The minimum absolute atomic E-state index is 0.0319. The maximum absolute atomic E-state index is 14.5. The third kappa shape index (κ3) is 5.56. The monoisotopic (exact) mass is 542 g/mol. The Balaban J connectivity index is 1.49. The maximum atomic E-state index is 14.5. The molecule has 1 amide bonds. The molecule has 9 nitrogen and oxygen atoms in total. The number of amides is 1. The Bertz CT molecular complexity index is 1390. The zero-order chi connectivity index (χ0) is 27.0. The van der Waals surface area contributed by atoms with Crippen LogP contribution in [0.3, 0.4) is 0 Å². The molecule has 3 atom stereocenters. The van der Waals surface area contributed by atoms with E-state index in [1.54, 1.807) is 0 Å². The molecule has 4 rings (SSSR count). The quantitative estimate of drug-likeness (QED) is 0.476. The molecule has 37 heavy (non-hydrogen) atoms. The first-order valence-corrected chi connectivity index (χ1v) is 12.2. The number of hydrogen-bond acceptors (Lipinski definition) is 7. The van der Waals surface area contributed by atoms with Crippen LogP contribution in [0.2, 0.25) is 0 Å². The molecule has 3 unspecified atom stereocenters. The lowest BCUT2D eigenvalue weighted by Crippen LogP contribution is -2.48. The number of halogens is 5. The normalized spacial score (nSPS) is 20.6. The highest BCUT2D eigenvalue weighted by molar-refractivity contribution is 7.89. The predicted molar refractivity (Wildman–Crippen MR) is 118 cm³/mol. The molecule has 1 saturated heterocycles. The van der Waals surface area contributed by atoms with E-state index in [2.05, 4.69) is 25.3 Å². The van der Waals surface area contributed by atoms with Crippen molar-refractivity contribution in [2.75, 3.05) is 0 Å². The fourth-order valence-electron chi connectivity index (χ4n) is 3.83. The van der Waals surface area contributed by atoms with Crippen LogP contribution in [0.25, 0.3) is 11.4 Å². The molecule has 0 spiro atoms. The van der Waals surface area contributed by atoms with Crippen molar-refractivity contribution in [1.82, 2.24) is 29.6 Å². The summed E-state index contributed by atoms with van der Waals surface area (Å²) < 4.78 is 93.0. The topological polar surface area (TPSA) is 118 Å². The van der Waals surface area contributed by atoms with Gasteiger partial charge in [0.1, 0.15) is 30.1 Å². The number of alkyl halides is 4.